The fourth-order valence-electron chi connectivity index (χ4n) is 4.52. The van der Waals surface area contributed by atoms with Crippen LogP contribution in [0.3, 0.4) is 0 Å². The fourth-order valence-corrected chi connectivity index (χ4v) is 5.74. The molecular formula is C21H29N5O3S. The second-order valence-electron chi connectivity index (χ2n) is 8.07. The first-order valence-corrected chi connectivity index (χ1v) is 11.7. The number of hydrogen-bond donors (Lipinski definition) is 2. The lowest BCUT2D eigenvalue weighted by Gasteiger charge is -2.22. The van der Waals surface area contributed by atoms with Crippen molar-refractivity contribution in [2.75, 3.05) is 26.2 Å². The normalized spacial score (nSPS) is 19.0. The summed E-state index contributed by atoms with van der Waals surface area (Å²) >= 11 is 1.59. The molecule has 2 aromatic rings. The van der Waals surface area contributed by atoms with Crippen LogP contribution in [0.15, 0.2) is 11.1 Å². The summed E-state index contributed by atoms with van der Waals surface area (Å²) in [6.07, 6.45) is 7.82. The Morgan fingerprint density at radius 1 is 1.20 bits per heavy atom. The zero-order valence-corrected chi connectivity index (χ0v) is 18.2. The molecule has 1 fully saturated rings. The van der Waals surface area contributed by atoms with Crippen LogP contribution >= 0.6 is 11.3 Å². The molecule has 30 heavy (non-hydrogen) atoms. The summed E-state index contributed by atoms with van der Waals surface area (Å²) in [4.78, 5) is 46.1. The van der Waals surface area contributed by atoms with Crippen LogP contribution < -0.4 is 16.2 Å². The third-order valence-electron chi connectivity index (χ3n) is 6.14. The number of nitrogens with one attached hydrogen (secondary N) is 2. The molecule has 0 aromatic carbocycles. The molecule has 0 spiro atoms. The highest BCUT2D eigenvalue weighted by atomic mass is 32.1. The van der Waals surface area contributed by atoms with Gasteiger partial charge in [-0.1, -0.05) is 6.92 Å². The molecule has 162 valence electrons. The molecule has 0 radical (unpaired) electrons. The second kappa shape index (κ2) is 9.26. The number of amides is 2. The molecule has 1 atom stereocenters. The topological polar surface area (TPSA) is 96.3 Å². The van der Waals surface area contributed by atoms with Crippen molar-refractivity contribution < 1.29 is 9.59 Å². The largest absolute Gasteiger partial charge is 0.353 e. The lowest BCUT2D eigenvalue weighted by atomic mass is 9.97. The van der Waals surface area contributed by atoms with E-state index in [0.29, 0.717) is 18.0 Å². The zero-order valence-electron chi connectivity index (χ0n) is 17.4. The Morgan fingerprint density at radius 3 is 2.87 bits per heavy atom. The van der Waals surface area contributed by atoms with E-state index in [2.05, 4.69) is 27.4 Å². The molecule has 2 aromatic heterocycles. The van der Waals surface area contributed by atoms with Crippen molar-refractivity contribution in [3.8, 4) is 0 Å². The number of fused-ring (bicyclic) bond motifs is 3. The molecular weight excluding hydrogens is 402 g/mol. The number of nitrogens with zero attached hydrogens (tertiary/aromatic N) is 3. The molecule has 1 unspecified atom stereocenters. The number of carbonyl (C=O) groups excluding carboxylic acids is 2. The molecule has 0 bridgehead atoms. The Kier molecular flexibility index (Phi) is 6.48. The van der Waals surface area contributed by atoms with Gasteiger partial charge in [0.05, 0.1) is 18.3 Å². The van der Waals surface area contributed by atoms with Crippen LogP contribution in [0.5, 0.6) is 0 Å². The van der Waals surface area contributed by atoms with Gasteiger partial charge in [-0.3, -0.25) is 23.9 Å². The highest BCUT2D eigenvalue weighted by molar-refractivity contribution is 7.18. The summed E-state index contributed by atoms with van der Waals surface area (Å²) in [6.45, 7) is 4.57. The summed E-state index contributed by atoms with van der Waals surface area (Å²) in [5.74, 6) is -0.576. The van der Waals surface area contributed by atoms with E-state index in [1.54, 1.807) is 11.3 Å². The van der Waals surface area contributed by atoms with E-state index >= 15 is 0 Å². The molecule has 1 saturated heterocycles. The first-order valence-electron chi connectivity index (χ1n) is 10.8. The van der Waals surface area contributed by atoms with Crippen LogP contribution in [0.25, 0.3) is 10.2 Å². The minimum Gasteiger partial charge on any atom is -0.353 e. The molecule has 8 nitrogen and oxygen atoms in total. The number of rotatable bonds is 7. The van der Waals surface area contributed by atoms with Gasteiger partial charge in [-0.05, 0) is 57.2 Å². The standard InChI is InChI=1S/C21H29N5O3S/c1-2-25-9-5-6-14(25)10-22-17(27)11-23-18(28)12-26-13-24-20-19(21(26)29)15-7-3-4-8-16(15)30-20/h13-14H,2-12H2,1H3,(H,22,27)(H,23,28). The first-order chi connectivity index (χ1) is 14.6. The maximum absolute atomic E-state index is 12.9. The third kappa shape index (κ3) is 4.41. The summed E-state index contributed by atoms with van der Waals surface area (Å²) in [5, 5.41) is 6.18. The molecule has 1 aliphatic carbocycles. The Balaban J connectivity index is 1.32. The highest BCUT2D eigenvalue weighted by Gasteiger charge is 2.23. The smallest absolute Gasteiger partial charge is 0.262 e. The Bertz CT molecular complexity index is 998. The van der Waals surface area contributed by atoms with Crippen molar-refractivity contribution in [1.29, 1.82) is 0 Å². The predicted octanol–water partition coefficient (Wildman–Crippen LogP) is 1.05. The quantitative estimate of drug-likeness (QED) is 0.683. The van der Waals surface area contributed by atoms with E-state index in [1.807, 2.05) is 0 Å². The number of likely N-dealkylation sites (tertiary alicyclic amines) is 1. The number of likely N-dealkylation sites (N-methyl/N-ethyl adjacent to an activating group) is 1. The van der Waals surface area contributed by atoms with Gasteiger partial charge in [-0.15, -0.1) is 11.3 Å². The van der Waals surface area contributed by atoms with Gasteiger partial charge in [0.15, 0.2) is 0 Å². The minimum atomic E-state index is -0.367. The SMILES string of the molecule is CCN1CCCC1CNC(=O)CNC(=O)Cn1cnc2sc3c(c2c1=O)CCCC3. The first kappa shape index (κ1) is 21.0. The van der Waals surface area contributed by atoms with E-state index in [-0.39, 0.29) is 30.5 Å². The second-order valence-corrected chi connectivity index (χ2v) is 9.16. The van der Waals surface area contributed by atoms with E-state index in [9.17, 15) is 14.4 Å². The molecule has 2 N–H and O–H groups in total. The summed E-state index contributed by atoms with van der Waals surface area (Å²) in [5.41, 5.74) is 0.945. The lowest BCUT2D eigenvalue weighted by Crippen LogP contribution is -2.44. The molecule has 4 rings (SSSR count). The van der Waals surface area contributed by atoms with Crippen LogP contribution in [-0.4, -0.2) is 58.5 Å². The Morgan fingerprint density at radius 2 is 2.03 bits per heavy atom. The van der Waals surface area contributed by atoms with E-state index in [0.717, 1.165) is 62.0 Å². The van der Waals surface area contributed by atoms with Crippen LogP contribution in [0.1, 0.15) is 43.0 Å². The number of aromatic nitrogens is 2. The summed E-state index contributed by atoms with van der Waals surface area (Å²) in [7, 11) is 0. The van der Waals surface area contributed by atoms with Crippen molar-refractivity contribution >= 4 is 33.4 Å². The summed E-state index contributed by atoms with van der Waals surface area (Å²) in [6, 6.07) is 0.377. The fraction of sp³-hybridized carbons (Fsp3) is 0.619. The average molecular weight is 432 g/mol. The van der Waals surface area contributed by atoms with Crippen LogP contribution in [-0.2, 0) is 29.0 Å². The maximum atomic E-state index is 12.9. The lowest BCUT2D eigenvalue weighted by molar-refractivity contribution is -0.126. The molecule has 9 heteroatoms. The molecule has 2 aliphatic rings. The Labute approximate surface area is 179 Å². The van der Waals surface area contributed by atoms with E-state index < -0.39 is 0 Å². The number of carbonyl (C=O) groups is 2. The minimum absolute atomic E-state index is 0.0874. The van der Waals surface area contributed by atoms with E-state index in [4.69, 9.17) is 0 Å². The van der Waals surface area contributed by atoms with Crippen molar-refractivity contribution in [1.82, 2.24) is 25.1 Å². The van der Waals surface area contributed by atoms with Crippen molar-refractivity contribution in [3.63, 3.8) is 0 Å². The number of thiophene rings is 1. The maximum Gasteiger partial charge on any atom is 0.262 e. The predicted molar refractivity (Wildman–Crippen MR) is 117 cm³/mol. The van der Waals surface area contributed by atoms with Gasteiger partial charge >= 0.3 is 0 Å². The van der Waals surface area contributed by atoms with Gasteiger partial charge in [0.25, 0.3) is 5.56 Å². The number of aryl methyl sites for hydroxylation is 2. The number of hydrogen-bond acceptors (Lipinski definition) is 6. The average Bonchev–Trinajstić information content (AvgIpc) is 3.36. The van der Waals surface area contributed by atoms with Gasteiger partial charge in [0.1, 0.15) is 11.4 Å². The molecule has 2 amide bonds. The third-order valence-corrected chi connectivity index (χ3v) is 7.34. The van der Waals surface area contributed by atoms with Gasteiger partial charge in [0.2, 0.25) is 11.8 Å². The van der Waals surface area contributed by atoms with Crippen LogP contribution in [0.2, 0.25) is 0 Å². The van der Waals surface area contributed by atoms with Crippen molar-refractivity contribution in [2.24, 2.45) is 0 Å². The van der Waals surface area contributed by atoms with Gasteiger partial charge in [-0.25, -0.2) is 4.98 Å². The van der Waals surface area contributed by atoms with Crippen LogP contribution in [0, 0.1) is 0 Å². The zero-order chi connectivity index (χ0) is 21.1. The van der Waals surface area contributed by atoms with Gasteiger partial charge in [-0.2, -0.15) is 0 Å². The van der Waals surface area contributed by atoms with Gasteiger partial charge in [0, 0.05) is 17.5 Å². The molecule has 3 heterocycles. The monoisotopic (exact) mass is 431 g/mol. The van der Waals surface area contributed by atoms with Crippen molar-refractivity contribution in [2.45, 2.75) is 58.0 Å². The Hall–Kier alpha value is -2.26. The van der Waals surface area contributed by atoms with Crippen LogP contribution in [0.4, 0.5) is 0 Å². The summed E-state index contributed by atoms with van der Waals surface area (Å²) < 4.78 is 1.34. The van der Waals surface area contributed by atoms with Crippen molar-refractivity contribution in [3.05, 3.63) is 27.1 Å². The van der Waals surface area contributed by atoms with E-state index in [1.165, 1.54) is 15.8 Å². The molecule has 1 aliphatic heterocycles. The highest BCUT2D eigenvalue weighted by Crippen LogP contribution is 2.33. The molecule has 0 saturated carbocycles. The van der Waals surface area contributed by atoms with Gasteiger partial charge < -0.3 is 10.6 Å².